The summed E-state index contributed by atoms with van der Waals surface area (Å²) < 4.78 is 10.6. The van der Waals surface area contributed by atoms with Crippen LogP contribution in [-0.4, -0.2) is 33.7 Å². The normalized spacial score (nSPS) is 10.1. The van der Waals surface area contributed by atoms with Crippen LogP contribution in [0.3, 0.4) is 0 Å². The van der Waals surface area contributed by atoms with Crippen molar-refractivity contribution >= 4 is 18.3 Å². The molecule has 0 aliphatic carbocycles. The quantitative estimate of drug-likeness (QED) is 0.756. The summed E-state index contributed by atoms with van der Waals surface area (Å²) >= 11 is 0. The van der Waals surface area contributed by atoms with Gasteiger partial charge in [0.1, 0.15) is 11.5 Å². The molecule has 25 heavy (non-hydrogen) atoms. The lowest BCUT2D eigenvalue weighted by Crippen LogP contribution is -2.31. The Balaban J connectivity index is 0.00000312. The molecule has 0 aliphatic heterocycles. The summed E-state index contributed by atoms with van der Waals surface area (Å²) in [6, 6.07) is 15.2. The van der Waals surface area contributed by atoms with Crippen LogP contribution in [0.2, 0.25) is 0 Å². The van der Waals surface area contributed by atoms with E-state index >= 15 is 0 Å². The lowest BCUT2D eigenvalue weighted by atomic mass is 9.98. The minimum absolute atomic E-state index is 0. The molecule has 0 aliphatic rings. The number of carbonyl (C=O) groups is 1. The first-order chi connectivity index (χ1) is 11.7. The molecule has 5 nitrogen and oxygen atoms in total. The second kappa shape index (κ2) is 10.6. The zero-order valence-corrected chi connectivity index (χ0v) is 15.6. The molecule has 2 aromatic carbocycles. The van der Waals surface area contributed by atoms with E-state index in [1.807, 2.05) is 55.6 Å². The molecule has 2 aromatic rings. The van der Waals surface area contributed by atoms with E-state index in [1.54, 1.807) is 14.2 Å². The zero-order chi connectivity index (χ0) is 17.4. The summed E-state index contributed by atoms with van der Waals surface area (Å²) in [5.74, 6) is 1.50. The van der Waals surface area contributed by atoms with Crippen molar-refractivity contribution < 1.29 is 14.3 Å². The Morgan fingerprint density at radius 2 is 1.52 bits per heavy atom. The largest absolute Gasteiger partial charge is 0.497 e. The molecule has 2 N–H and O–H groups in total. The summed E-state index contributed by atoms with van der Waals surface area (Å²) in [6.45, 7) is 0.634. The van der Waals surface area contributed by atoms with Gasteiger partial charge in [0.15, 0.2) is 0 Å². The summed E-state index contributed by atoms with van der Waals surface area (Å²) in [5.41, 5.74) is 1.92. The molecule has 0 bridgehead atoms. The number of hydrogen-bond acceptors (Lipinski definition) is 4. The molecule has 136 valence electrons. The molecule has 0 spiro atoms. The van der Waals surface area contributed by atoms with E-state index in [0.717, 1.165) is 22.6 Å². The van der Waals surface area contributed by atoms with Crippen LogP contribution in [0.25, 0.3) is 0 Å². The number of nitrogens with one attached hydrogen (secondary N) is 2. The lowest BCUT2D eigenvalue weighted by Gasteiger charge is -2.21. The van der Waals surface area contributed by atoms with Crippen LogP contribution in [0.4, 0.5) is 0 Å². The van der Waals surface area contributed by atoms with E-state index in [1.165, 1.54) is 0 Å². The van der Waals surface area contributed by atoms with Gasteiger partial charge in [0.05, 0.1) is 20.3 Å². The lowest BCUT2D eigenvalue weighted by molar-refractivity contribution is -0.121. The standard InChI is InChI=1S/C19H24N2O3.ClH/c1-20-11-10-18(22)21-19(14-6-4-8-16(12-14)23-2)15-7-5-9-17(13-15)24-3;/h4-9,12-13,19-20H,10-11H2,1-3H3,(H,21,22);1H. The van der Waals surface area contributed by atoms with Gasteiger partial charge in [-0.3, -0.25) is 4.79 Å². The number of amides is 1. The maximum atomic E-state index is 12.3. The first kappa shape index (κ1) is 20.8. The van der Waals surface area contributed by atoms with E-state index in [9.17, 15) is 4.79 Å². The van der Waals surface area contributed by atoms with Crippen molar-refractivity contribution in [2.24, 2.45) is 0 Å². The van der Waals surface area contributed by atoms with E-state index in [2.05, 4.69) is 10.6 Å². The predicted molar refractivity (Wildman–Crippen MR) is 102 cm³/mol. The van der Waals surface area contributed by atoms with Crippen LogP contribution >= 0.6 is 12.4 Å². The number of ether oxygens (including phenoxy) is 2. The van der Waals surface area contributed by atoms with E-state index in [4.69, 9.17) is 9.47 Å². The number of carbonyl (C=O) groups excluding carboxylic acids is 1. The topological polar surface area (TPSA) is 59.6 Å². The molecule has 0 radical (unpaired) electrons. The van der Waals surface area contributed by atoms with Gasteiger partial charge in [0.2, 0.25) is 5.91 Å². The van der Waals surface area contributed by atoms with Crippen molar-refractivity contribution in [1.29, 1.82) is 0 Å². The summed E-state index contributed by atoms with van der Waals surface area (Å²) in [6.07, 6.45) is 0.418. The highest BCUT2D eigenvalue weighted by Crippen LogP contribution is 2.27. The van der Waals surface area contributed by atoms with Crippen molar-refractivity contribution in [2.75, 3.05) is 27.8 Å². The Kier molecular flexibility index (Phi) is 8.81. The predicted octanol–water partition coefficient (Wildman–Crippen LogP) is 2.94. The van der Waals surface area contributed by atoms with E-state index < -0.39 is 0 Å². The SMILES string of the molecule is CNCCC(=O)NC(c1cccc(OC)c1)c1cccc(OC)c1.Cl. The van der Waals surface area contributed by atoms with Crippen molar-refractivity contribution in [2.45, 2.75) is 12.5 Å². The Labute approximate surface area is 155 Å². The van der Waals surface area contributed by atoms with Crippen molar-refractivity contribution in [3.05, 3.63) is 59.7 Å². The van der Waals surface area contributed by atoms with Gasteiger partial charge >= 0.3 is 0 Å². The molecule has 1 amide bonds. The van der Waals surface area contributed by atoms with Crippen molar-refractivity contribution in [3.63, 3.8) is 0 Å². The fourth-order valence-corrected chi connectivity index (χ4v) is 2.47. The highest BCUT2D eigenvalue weighted by Gasteiger charge is 2.18. The Morgan fingerprint density at radius 3 is 1.96 bits per heavy atom. The maximum absolute atomic E-state index is 12.3. The summed E-state index contributed by atoms with van der Waals surface area (Å²) in [4.78, 5) is 12.3. The molecule has 0 atom stereocenters. The number of methoxy groups -OCH3 is 2. The van der Waals surface area contributed by atoms with Gasteiger partial charge in [-0.05, 0) is 42.4 Å². The van der Waals surface area contributed by atoms with Crippen molar-refractivity contribution in [3.8, 4) is 11.5 Å². The average molecular weight is 365 g/mol. The molecule has 0 saturated carbocycles. The summed E-state index contributed by atoms with van der Waals surface area (Å²) in [5, 5.41) is 6.08. The molecule has 2 rings (SSSR count). The molecule has 0 saturated heterocycles. The monoisotopic (exact) mass is 364 g/mol. The zero-order valence-electron chi connectivity index (χ0n) is 14.7. The van der Waals surface area contributed by atoms with Gasteiger partial charge in [0.25, 0.3) is 0 Å². The molecule has 0 fully saturated rings. The fourth-order valence-electron chi connectivity index (χ4n) is 2.47. The maximum Gasteiger partial charge on any atom is 0.222 e. The van der Waals surface area contributed by atoms with Gasteiger partial charge in [-0.25, -0.2) is 0 Å². The van der Waals surface area contributed by atoms with Gasteiger partial charge in [-0.1, -0.05) is 24.3 Å². The number of benzene rings is 2. The molecule has 0 aromatic heterocycles. The number of halogens is 1. The minimum atomic E-state index is -0.264. The van der Waals surface area contributed by atoms with Crippen LogP contribution < -0.4 is 20.1 Å². The van der Waals surface area contributed by atoms with Crippen LogP contribution in [0.15, 0.2) is 48.5 Å². The Bertz CT molecular complexity index is 632. The van der Waals surface area contributed by atoms with Gasteiger partial charge in [-0.2, -0.15) is 0 Å². The smallest absolute Gasteiger partial charge is 0.222 e. The second-order valence-corrected chi connectivity index (χ2v) is 5.41. The average Bonchev–Trinajstić information content (AvgIpc) is 2.64. The van der Waals surface area contributed by atoms with Crippen LogP contribution in [0, 0.1) is 0 Å². The molecular formula is C19H25ClN2O3. The van der Waals surface area contributed by atoms with Gasteiger partial charge < -0.3 is 20.1 Å². The molecular weight excluding hydrogens is 340 g/mol. The highest BCUT2D eigenvalue weighted by molar-refractivity contribution is 5.85. The van der Waals surface area contributed by atoms with Crippen LogP contribution in [0.1, 0.15) is 23.6 Å². The fraction of sp³-hybridized carbons (Fsp3) is 0.316. The number of rotatable bonds is 8. The Hall–Kier alpha value is -2.24. The first-order valence-electron chi connectivity index (χ1n) is 7.89. The molecule has 0 unspecified atom stereocenters. The third-order valence-corrected chi connectivity index (χ3v) is 3.76. The highest BCUT2D eigenvalue weighted by atomic mass is 35.5. The molecule has 0 heterocycles. The third-order valence-electron chi connectivity index (χ3n) is 3.76. The first-order valence-corrected chi connectivity index (χ1v) is 7.89. The third kappa shape index (κ3) is 5.96. The van der Waals surface area contributed by atoms with E-state index in [-0.39, 0.29) is 24.4 Å². The van der Waals surface area contributed by atoms with Gasteiger partial charge in [-0.15, -0.1) is 12.4 Å². The van der Waals surface area contributed by atoms with Crippen LogP contribution in [0.5, 0.6) is 11.5 Å². The van der Waals surface area contributed by atoms with E-state index in [0.29, 0.717) is 13.0 Å². The summed E-state index contributed by atoms with van der Waals surface area (Å²) in [7, 11) is 5.09. The second-order valence-electron chi connectivity index (χ2n) is 5.41. The molecule has 6 heteroatoms. The van der Waals surface area contributed by atoms with Crippen LogP contribution in [-0.2, 0) is 4.79 Å². The van der Waals surface area contributed by atoms with Crippen molar-refractivity contribution in [1.82, 2.24) is 10.6 Å². The Morgan fingerprint density at radius 1 is 1.00 bits per heavy atom. The number of hydrogen-bond donors (Lipinski definition) is 2. The van der Waals surface area contributed by atoms with Gasteiger partial charge in [0, 0.05) is 13.0 Å². The minimum Gasteiger partial charge on any atom is -0.497 e.